The molecule has 0 atom stereocenters. The quantitative estimate of drug-likeness (QED) is 0.550. The number of piperazine rings is 1. The van der Waals surface area contributed by atoms with Crippen LogP contribution in [-0.4, -0.2) is 37.6 Å². The molecule has 0 radical (unpaired) electrons. The Morgan fingerprint density at radius 3 is 2.80 bits per heavy atom. The Morgan fingerprint density at radius 2 is 2.20 bits per heavy atom. The molecule has 2 nitrogen and oxygen atoms in total. The van der Waals surface area contributed by atoms with Crippen molar-refractivity contribution in [3.63, 3.8) is 0 Å². The molecule has 0 spiro atoms. The molecule has 0 amide bonds. The molecule has 0 bridgehead atoms. The second-order valence-corrected chi connectivity index (χ2v) is 2.46. The maximum Gasteiger partial charge on any atom is 0.0239 e. The van der Waals surface area contributed by atoms with Crippen molar-refractivity contribution < 1.29 is 0 Å². The standard InChI is InChI=1S/C8H14N2/c1-2-3-6-10-7-4-9-5-8-10/h3,9H,1,4-8H2. The van der Waals surface area contributed by atoms with E-state index in [1.807, 2.05) is 6.08 Å². The monoisotopic (exact) mass is 138 g/mol. The number of rotatable bonds is 2. The highest BCUT2D eigenvalue weighted by Crippen LogP contribution is 1.90. The Hall–Kier alpha value is -0.560. The van der Waals surface area contributed by atoms with Crippen molar-refractivity contribution in [3.8, 4) is 0 Å². The van der Waals surface area contributed by atoms with Crippen molar-refractivity contribution in [2.45, 2.75) is 0 Å². The molecule has 1 saturated heterocycles. The molecule has 1 aliphatic heterocycles. The minimum Gasteiger partial charge on any atom is -0.314 e. The minimum atomic E-state index is 1.01. The second-order valence-electron chi connectivity index (χ2n) is 2.46. The highest BCUT2D eigenvalue weighted by molar-refractivity contribution is 4.81. The van der Waals surface area contributed by atoms with Crippen LogP contribution in [0.4, 0.5) is 0 Å². The number of hydrogen-bond acceptors (Lipinski definition) is 2. The van der Waals surface area contributed by atoms with E-state index in [1.54, 1.807) is 0 Å². The molecule has 1 N–H and O–H groups in total. The lowest BCUT2D eigenvalue weighted by Gasteiger charge is -2.25. The van der Waals surface area contributed by atoms with Gasteiger partial charge in [0, 0.05) is 32.7 Å². The van der Waals surface area contributed by atoms with Crippen molar-refractivity contribution in [1.82, 2.24) is 10.2 Å². The highest BCUT2D eigenvalue weighted by atomic mass is 15.2. The molecule has 0 aromatic heterocycles. The van der Waals surface area contributed by atoms with Crippen LogP contribution in [0.2, 0.25) is 0 Å². The van der Waals surface area contributed by atoms with Gasteiger partial charge in [-0.3, -0.25) is 4.90 Å². The smallest absolute Gasteiger partial charge is 0.0239 e. The average molecular weight is 138 g/mol. The van der Waals surface area contributed by atoms with Crippen LogP contribution in [0.15, 0.2) is 18.4 Å². The third kappa shape index (κ3) is 2.36. The molecule has 0 aromatic rings. The van der Waals surface area contributed by atoms with Gasteiger partial charge in [-0.25, -0.2) is 0 Å². The first-order chi connectivity index (χ1) is 4.93. The van der Waals surface area contributed by atoms with Gasteiger partial charge in [-0.15, -0.1) is 5.73 Å². The summed E-state index contributed by atoms with van der Waals surface area (Å²) in [6, 6.07) is 0. The van der Waals surface area contributed by atoms with Crippen LogP contribution < -0.4 is 5.32 Å². The first-order valence-corrected chi connectivity index (χ1v) is 3.71. The van der Waals surface area contributed by atoms with Crippen molar-refractivity contribution in [2.75, 3.05) is 32.7 Å². The number of hydrogen-bond donors (Lipinski definition) is 1. The fraction of sp³-hybridized carbons (Fsp3) is 0.625. The van der Waals surface area contributed by atoms with Crippen LogP contribution in [0, 0.1) is 0 Å². The zero-order chi connectivity index (χ0) is 7.23. The summed E-state index contributed by atoms with van der Waals surface area (Å²) in [5, 5.41) is 3.30. The van der Waals surface area contributed by atoms with Crippen LogP contribution in [0.3, 0.4) is 0 Å². The van der Waals surface area contributed by atoms with E-state index in [0.29, 0.717) is 0 Å². The summed E-state index contributed by atoms with van der Waals surface area (Å²) in [5.41, 5.74) is 2.78. The molecule has 1 rings (SSSR count). The largest absolute Gasteiger partial charge is 0.314 e. The molecule has 10 heavy (non-hydrogen) atoms. The Morgan fingerprint density at radius 1 is 1.50 bits per heavy atom. The molecule has 2 heteroatoms. The van der Waals surface area contributed by atoms with E-state index in [-0.39, 0.29) is 0 Å². The van der Waals surface area contributed by atoms with Crippen molar-refractivity contribution in [2.24, 2.45) is 0 Å². The first kappa shape index (κ1) is 7.55. The second kappa shape index (κ2) is 4.29. The van der Waals surface area contributed by atoms with E-state index in [1.165, 1.54) is 0 Å². The first-order valence-electron chi connectivity index (χ1n) is 3.71. The lowest BCUT2D eigenvalue weighted by molar-refractivity contribution is 0.265. The fourth-order valence-electron chi connectivity index (χ4n) is 1.09. The van der Waals surface area contributed by atoms with E-state index in [0.717, 1.165) is 32.7 Å². The molecule has 0 unspecified atom stereocenters. The molecular formula is C8H14N2. The van der Waals surface area contributed by atoms with Crippen molar-refractivity contribution in [3.05, 3.63) is 18.4 Å². The predicted octanol–water partition coefficient (Wildman–Crippen LogP) is 0.233. The van der Waals surface area contributed by atoms with Gasteiger partial charge in [0.1, 0.15) is 0 Å². The SMILES string of the molecule is C=C=CCN1CCNCC1. The van der Waals surface area contributed by atoms with Gasteiger partial charge in [0.25, 0.3) is 0 Å². The molecule has 1 fully saturated rings. The maximum absolute atomic E-state index is 3.52. The van der Waals surface area contributed by atoms with Gasteiger partial charge in [-0.2, -0.15) is 0 Å². The van der Waals surface area contributed by atoms with Gasteiger partial charge in [-0.05, 0) is 6.08 Å². The summed E-state index contributed by atoms with van der Waals surface area (Å²) in [6.45, 7) is 9.06. The molecular weight excluding hydrogens is 124 g/mol. The minimum absolute atomic E-state index is 1.01. The van der Waals surface area contributed by atoms with Gasteiger partial charge in [0.2, 0.25) is 0 Å². The third-order valence-electron chi connectivity index (χ3n) is 1.70. The molecule has 0 aliphatic carbocycles. The summed E-state index contributed by atoms with van der Waals surface area (Å²) in [5.74, 6) is 0. The van der Waals surface area contributed by atoms with Crippen LogP contribution in [0.25, 0.3) is 0 Å². The predicted molar refractivity (Wildman–Crippen MR) is 43.0 cm³/mol. The van der Waals surface area contributed by atoms with Gasteiger partial charge in [0.15, 0.2) is 0 Å². The lowest BCUT2D eigenvalue weighted by Crippen LogP contribution is -2.43. The summed E-state index contributed by atoms with van der Waals surface area (Å²) in [4.78, 5) is 2.38. The van der Waals surface area contributed by atoms with Crippen molar-refractivity contribution >= 4 is 0 Å². The van der Waals surface area contributed by atoms with Gasteiger partial charge in [0.05, 0.1) is 0 Å². The summed E-state index contributed by atoms with van der Waals surface area (Å²) in [7, 11) is 0. The normalized spacial score (nSPS) is 20.0. The Bertz CT molecular complexity index is 130. The summed E-state index contributed by atoms with van der Waals surface area (Å²) < 4.78 is 0. The highest BCUT2D eigenvalue weighted by Gasteiger charge is 2.05. The number of nitrogens with one attached hydrogen (secondary N) is 1. The lowest BCUT2D eigenvalue weighted by atomic mass is 10.3. The van der Waals surface area contributed by atoms with Crippen LogP contribution in [-0.2, 0) is 0 Å². The van der Waals surface area contributed by atoms with Crippen LogP contribution in [0.1, 0.15) is 0 Å². The molecule has 1 aliphatic rings. The third-order valence-corrected chi connectivity index (χ3v) is 1.70. The zero-order valence-corrected chi connectivity index (χ0v) is 6.27. The van der Waals surface area contributed by atoms with E-state index in [9.17, 15) is 0 Å². The van der Waals surface area contributed by atoms with Gasteiger partial charge in [-0.1, -0.05) is 6.58 Å². The Balaban J connectivity index is 2.19. The maximum atomic E-state index is 3.52. The van der Waals surface area contributed by atoms with E-state index in [4.69, 9.17) is 0 Å². The van der Waals surface area contributed by atoms with Gasteiger partial charge < -0.3 is 5.32 Å². The average Bonchev–Trinajstić information content (AvgIpc) is 2.03. The summed E-state index contributed by atoms with van der Waals surface area (Å²) in [6.07, 6.45) is 1.98. The molecule has 56 valence electrons. The van der Waals surface area contributed by atoms with Gasteiger partial charge >= 0.3 is 0 Å². The number of nitrogens with zero attached hydrogens (tertiary/aromatic N) is 1. The Labute approximate surface area is 62.2 Å². The molecule has 0 saturated carbocycles. The van der Waals surface area contributed by atoms with Crippen LogP contribution in [0.5, 0.6) is 0 Å². The molecule has 1 heterocycles. The molecule has 0 aromatic carbocycles. The Kier molecular flexibility index (Phi) is 3.23. The van der Waals surface area contributed by atoms with Crippen LogP contribution >= 0.6 is 0 Å². The zero-order valence-electron chi connectivity index (χ0n) is 6.27. The topological polar surface area (TPSA) is 15.3 Å². The van der Waals surface area contributed by atoms with Crippen molar-refractivity contribution in [1.29, 1.82) is 0 Å². The summed E-state index contributed by atoms with van der Waals surface area (Å²) >= 11 is 0. The fourth-order valence-corrected chi connectivity index (χ4v) is 1.09. The van der Waals surface area contributed by atoms with E-state index < -0.39 is 0 Å². The van der Waals surface area contributed by atoms with E-state index in [2.05, 4.69) is 22.5 Å². The van der Waals surface area contributed by atoms with E-state index >= 15 is 0 Å².